The van der Waals surface area contributed by atoms with E-state index in [1.807, 2.05) is 37.4 Å². The molecule has 134 valence electrons. The van der Waals surface area contributed by atoms with Crippen LogP contribution in [0.2, 0.25) is 0 Å². The van der Waals surface area contributed by atoms with E-state index in [2.05, 4.69) is 39.4 Å². The van der Waals surface area contributed by atoms with Gasteiger partial charge in [0.05, 0.1) is 23.7 Å². The molecule has 5 nitrogen and oxygen atoms in total. The fourth-order valence-corrected chi connectivity index (χ4v) is 3.33. The fraction of sp³-hybridized carbons (Fsp3) is 0.0909. The van der Waals surface area contributed by atoms with Gasteiger partial charge in [-0.2, -0.15) is 5.10 Å². The third-order valence-electron chi connectivity index (χ3n) is 4.66. The number of carbonyl (C=O) groups is 1. The van der Waals surface area contributed by atoms with Crippen LogP contribution in [-0.4, -0.2) is 16.7 Å². The van der Waals surface area contributed by atoms with Crippen LogP contribution in [0.15, 0.2) is 76.4 Å². The molecule has 4 aromatic rings. The van der Waals surface area contributed by atoms with Crippen LogP contribution < -0.4 is 5.43 Å². The third-order valence-corrected chi connectivity index (χ3v) is 4.66. The van der Waals surface area contributed by atoms with E-state index in [1.165, 1.54) is 6.26 Å². The number of hydrogen-bond donors (Lipinski definition) is 1. The van der Waals surface area contributed by atoms with Gasteiger partial charge in [0, 0.05) is 23.5 Å². The number of fused-ring (bicyclic) bond motifs is 1. The molecule has 1 N–H and O–H groups in total. The minimum absolute atomic E-state index is 0.293. The van der Waals surface area contributed by atoms with Crippen LogP contribution in [0.25, 0.3) is 22.2 Å². The number of amides is 1. The van der Waals surface area contributed by atoms with E-state index in [-0.39, 0.29) is 5.91 Å². The second-order valence-corrected chi connectivity index (χ2v) is 6.29. The van der Waals surface area contributed by atoms with Crippen molar-refractivity contribution in [3.63, 3.8) is 0 Å². The van der Waals surface area contributed by atoms with Crippen molar-refractivity contribution in [2.45, 2.75) is 6.92 Å². The van der Waals surface area contributed by atoms with Crippen molar-refractivity contribution in [2.24, 2.45) is 12.1 Å². The van der Waals surface area contributed by atoms with Crippen molar-refractivity contribution < 1.29 is 9.21 Å². The molecule has 1 amide bonds. The summed E-state index contributed by atoms with van der Waals surface area (Å²) in [6, 6.07) is 19.9. The standard InChI is InChI=1S/C22H19N3O2/c1-15-17(12-13-27-15)22(26)24-23-14-19-18-10-6-7-11-20(18)25(2)21(19)16-8-4-3-5-9-16/h3-14H,1-2H3,(H,24,26)/b23-14+. The van der Waals surface area contributed by atoms with Crippen molar-refractivity contribution >= 4 is 23.0 Å². The number of aryl methyl sites for hydroxylation is 2. The SMILES string of the molecule is Cc1occc1C(=O)N/N=C/c1c(-c2ccccc2)n(C)c2ccccc12. The van der Waals surface area contributed by atoms with Crippen LogP contribution in [0, 0.1) is 6.92 Å². The molecule has 5 heteroatoms. The number of nitrogens with zero attached hydrogens (tertiary/aromatic N) is 2. The highest BCUT2D eigenvalue weighted by atomic mass is 16.3. The lowest BCUT2D eigenvalue weighted by Gasteiger charge is -2.06. The Labute approximate surface area is 156 Å². The lowest BCUT2D eigenvalue weighted by molar-refractivity contribution is 0.0953. The van der Waals surface area contributed by atoms with Crippen molar-refractivity contribution in [2.75, 3.05) is 0 Å². The summed E-state index contributed by atoms with van der Waals surface area (Å²) in [4.78, 5) is 12.3. The van der Waals surface area contributed by atoms with E-state index in [9.17, 15) is 4.79 Å². The maximum absolute atomic E-state index is 12.3. The number of carbonyl (C=O) groups excluding carboxylic acids is 1. The molecular formula is C22H19N3O2. The Morgan fingerprint density at radius 1 is 1.07 bits per heavy atom. The molecule has 0 unspecified atom stereocenters. The minimum Gasteiger partial charge on any atom is -0.469 e. The Balaban J connectivity index is 1.74. The molecule has 0 bridgehead atoms. The minimum atomic E-state index is -0.293. The largest absolute Gasteiger partial charge is 0.469 e. The number of rotatable bonds is 4. The normalized spacial score (nSPS) is 11.3. The van der Waals surface area contributed by atoms with Gasteiger partial charge in [-0.3, -0.25) is 4.79 Å². The van der Waals surface area contributed by atoms with Gasteiger partial charge in [-0.05, 0) is 24.6 Å². The smallest absolute Gasteiger partial charge is 0.274 e. The molecule has 0 saturated heterocycles. The molecule has 4 rings (SSSR count). The molecule has 0 aliphatic rings. The predicted molar refractivity (Wildman–Crippen MR) is 107 cm³/mol. The topological polar surface area (TPSA) is 59.5 Å². The molecular weight excluding hydrogens is 338 g/mol. The Hall–Kier alpha value is -3.60. The number of hydrogen-bond acceptors (Lipinski definition) is 3. The molecule has 2 aromatic heterocycles. The van der Waals surface area contributed by atoms with E-state index in [0.29, 0.717) is 11.3 Å². The summed E-state index contributed by atoms with van der Waals surface area (Å²) in [5.41, 5.74) is 7.28. The number of para-hydroxylation sites is 1. The lowest BCUT2D eigenvalue weighted by Crippen LogP contribution is -2.17. The second-order valence-electron chi connectivity index (χ2n) is 6.29. The maximum Gasteiger partial charge on any atom is 0.274 e. The Bertz CT molecular complexity index is 1140. The molecule has 0 fully saturated rings. The number of nitrogens with one attached hydrogen (secondary N) is 1. The fourth-order valence-electron chi connectivity index (χ4n) is 3.33. The first kappa shape index (κ1) is 16.8. The van der Waals surface area contributed by atoms with Gasteiger partial charge in [0.2, 0.25) is 0 Å². The Morgan fingerprint density at radius 3 is 2.56 bits per heavy atom. The zero-order chi connectivity index (χ0) is 18.8. The van der Waals surface area contributed by atoms with E-state index in [1.54, 1.807) is 19.2 Å². The van der Waals surface area contributed by atoms with Gasteiger partial charge >= 0.3 is 0 Å². The zero-order valence-corrected chi connectivity index (χ0v) is 15.1. The highest BCUT2D eigenvalue weighted by Gasteiger charge is 2.15. The van der Waals surface area contributed by atoms with Gasteiger partial charge in [-0.15, -0.1) is 0 Å². The van der Waals surface area contributed by atoms with Crippen LogP contribution in [0.4, 0.5) is 0 Å². The van der Waals surface area contributed by atoms with Crippen LogP contribution in [0.5, 0.6) is 0 Å². The van der Waals surface area contributed by atoms with Gasteiger partial charge < -0.3 is 8.98 Å². The first-order valence-corrected chi connectivity index (χ1v) is 8.67. The summed E-state index contributed by atoms with van der Waals surface area (Å²) in [5.74, 6) is 0.275. The van der Waals surface area contributed by atoms with E-state index in [4.69, 9.17) is 4.42 Å². The van der Waals surface area contributed by atoms with Crippen molar-refractivity contribution in [1.82, 2.24) is 9.99 Å². The average molecular weight is 357 g/mol. The number of hydrazone groups is 1. The first-order valence-electron chi connectivity index (χ1n) is 8.67. The van der Waals surface area contributed by atoms with Crippen LogP contribution in [-0.2, 0) is 7.05 Å². The summed E-state index contributed by atoms with van der Waals surface area (Å²) >= 11 is 0. The van der Waals surface area contributed by atoms with Gasteiger partial charge in [-0.25, -0.2) is 5.43 Å². The predicted octanol–water partition coefficient (Wildman–Crippen LogP) is 4.51. The van der Waals surface area contributed by atoms with Crippen molar-refractivity contribution in [3.05, 3.63) is 83.8 Å². The van der Waals surface area contributed by atoms with Crippen molar-refractivity contribution in [3.8, 4) is 11.3 Å². The highest BCUT2D eigenvalue weighted by molar-refractivity contribution is 6.07. The van der Waals surface area contributed by atoms with Crippen LogP contribution in [0.1, 0.15) is 21.7 Å². The summed E-state index contributed by atoms with van der Waals surface area (Å²) in [6.07, 6.45) is 3.20. The van der Waals surface area contributed by atoms with Gasteiger partial charge in [-0.1, -0.05) is 48.5 Å². The first-order chi connectivity index (χ1) is 13.2. The Kier molecular flexibility index (Phi) is 4.34. The van der Waals surface area contributed by atoms with Crippen molar-refractivity contribution in [1.29, 1.82) is 0 Å². The molecule has 0 saturated carbocycles. The molecule has 0 radical (unpaired) electrons. The zero-order valence-electron chi connectivity index (χ0n) is 15.1. The monoisotopic (exact) mass is 357 g/mol. The van der Waals surface area contributed by atoms with Gasteiger partial charge in [0.15, 0.2) is 0 Å². The number of aromatic nitrogens is 1. The number of furan rings is 1. The third kappa shape index (κ3) is 3.04. The molecule has 0 aliphatic heterocycles. The highest BCUT2D eigenvalue weighted by Crippen LogP contribution is 2.31. The molecule has 27 heavy (non-hydrogen) atoms. The quantitative estimate of drug-likeness (QED) is 0.431. The molecule has 0 atom stereocenters. The molecule has 2 aromatic carbocycles. The van der Waals surface area contributed by atoms with Gasteiger partial charge in [0.25, 0.3) is 5.91 Å². The summed E-state index contributed by atoms with van der Waals surface area (Å²) in [6.45, 7) is 1.75. The van der Waals surface area contributed by atoms with E-state index < -0.39 is 0 Å². The summed E-state index contributed by atoms with van der Waals surface area (Å²) < 4.78 is 7.32. The summed E-state index contributed by atoms with van der Waals surface area (Å²) in [5, 5.41) is 5.29. The average Bonchev–Trinajstić information content (AvgIpc) is 3.24. The van der Waals surface area contributed by atoms with Crippen LogP contribution in [0.3, 0.4) is 0 Å². The number of benzene rings is 2. The molecule has 0 spiro atoms. The van der Waals surface area contributed by atoms with E-state index >= 15 is 0 Å². The van der Waals surface area contributed by atoms with E-state index in [0.717, 1.165) is 27.7 Å². The van der Waals surface area contributed by atoms with Gasteiger partial charge in [0.1, 0.15) is 5.76 Å². The van der Waals surface area contributed by atoms with Crippen LogP contribution >= 0.6 is 0 Å². The molecule has 2 heterocycles. The summed E-state index contributed by atoms with van der Waals surface area (Å²) in [7, 11) is 2.04. The molecule has 0 aliphatic carbocycles. The Morgan fingerprint density at radius 2 is 1.81 bits per heavy atom. The lowest BCUT2D eigenvalue weighted by atomic mass is 10.1. The second kappa shape index (κ2) is 6.96. The maximum atomic E-state index is 12.3.